The summed E-state index contributed by atoms with van der Waals surface area (Å²) in [6.07, 6.45) is 6.05. The van der Waals surface area contributed by atoms with Crippen molar-refractivity contribution in [2.45, 2.75) is 43.7 Å². The highest BCUT2D eigenvalue weighted by Gasteiger charge is 2.39. The fourth-order valence-electron chi connectivity index (χ4n) is 6.62. The molecule has 1 aliphatic carbocycles. The molecule has 5 heteroatoms. The van der Waals surface area contributed by atoms with Gasteiger partial charge in [-0.1, -0.05) is 60.7 Å². The molecule has 0 spiro atoms. The Morgan fingerprint density at radius 2 is 1.71 bits per heavy atom. The first-order valence-electron chi connectivity index (χ1n) is 13.5. The van der Waals surface area contributed by atoms with Crippen LogP contribution in [0.25, 0.3) is 27.6 Å². The van der Waals surface area contributed by atoms with E-state index in [1.165, 1.54) is 33.4 Å². The zero-order valence-electron chi connectivity index (χ0n) is 21.5. The van der Waals surface area contributed by atoms with E-state index in [9.17, 15) is 4.79 Å². The normalized spacial score (nSPS) is 20.0. The molecule has 3 aliphatic rings. The van der Waals surface area contributed by atoms with Crippen molar-refractivity contribution >= 4 is 22.6 Å². The summed E-state index contributed by atoms with van der Waals surface area (Å²) in [5, 5.41) is 1.09. The first-order chi connectivity index (χ1) is 18.7. The lowest BCUT2D eigenvalue weighted by Gasteiger charge is -2.44. The van der Waals surface area contributed by atoms with Crippen molar-refractivity contribution < 1.29 is 14.3 Å². The molecule has 0 radical (unpaired) electrons. The molecular formula is C33H30N2O3. The zero-order chi connectivity index (χ0) is 25.6. The van der Waals surface area contributed by atoms with Crippen LogP contribution < -0.4 is 4.74 Å². The van der Waals surface area contributed by atoms with Crippen LogP contribution in [0.4, 0.5) is 4.79 Å². The van der Waals surface area contributed by atoms with Gasteiger partial charge in [-0.15, -0.1) is 0 Å². The molecule has 1 saturated heterocycles. The largest absolute Gasteiger partial charge is 0.481 e. The van der Waals surface area contributed by atoms with Gasteiger partial charge in [-0.2, -0.15) is 0 Å². The van der Waals surface area contributed by atoms with Gasteiger partial charge < -0.3 is 9.47 Å². The third kappa shape index (κ3) is 3.85. The number of pyridine rings is 1. The highest BCUT2D eigenvalue weighted by molar-refractivity contribution is 5.85. The van der Waals surface area contributed by atoms with Crippen LogP contribution in [0, 0.1) is 0 Å². The van der Waals surface area contributed by atoms with Crippen molar-refractivity contribution in [3.63, 3.8) is 0 Å². The van der Waals surface area contributed by atoms with Crippen molar-refractivity contribution in [3.05, 3.63) is 102 Å². The molecule has 0 saturated carbocycles. The molecule has 5 nitrogen and oxygen atoms in total. The lowest BCUT2D eigenvalue weighted by molar-refractivity contribution is 0.0539. The fourth-order valence-corrected chi connectivity index (χ4v) is 6.62. The number of ether oxygens (including phenoxy) is 2. The van der Waals surface area contributed by atoms with Crippen molar-refractivity contribution in [1.29, 1.82) is 0 Å². The average Bonchev–Trinajstić information content (AvgIpc) is 3.28. The summed E-state index contributed by atoms with van der Waals surface area (Å²) in [6, 6.07) is 27.5. The van der Waals surface area contributed by atoms with E-state index in [4.69, 9.17) is 9.47 Å². The Morgan fingerprint density at radius 1 is 0.947 bits per heavy atom. The number of carbonyl (C=O) groups excluding carboxylic acids is 1. The van der Waals surface area contributed by atoms with Gasteiger partial charge in [0.05, 0.1) is 18.7 Å². The molecule has 2 bridgehead atoms. The number of amides is 1. The predicted octanol–water partition coefficient (Wildman–Crippen LogP) is 7.20. The van der Waals surface area contributed by atoms with Crippen LogP contribution in [-0.4, -0.2) is 41.8 Å². The van der Waals surface area contributed by atoms with Gasteiger partial charge in [0.2, 0.25) is 5.88 Å². The number of nitrogens with zero attached hydrogens (tertiary/aromatic N) is 2. The van der Waals surface area contributed by atoms with Crippen LogP contribution >= 0.6 is 0 Å². The molecule has 190 valence electrons. The molecule has 3 heterocycles. The zero-order valence-corrected chi connectivity index (χ0v) is 21.5. The molecular weight excluding hydrogens is 472 g/mol. The second-order valence-electron chi connectivity index (χ2n) is 10.5. The van der Waals surface area contributed by atoms with E-state index in [-0.39, 0.29) is 24.1 Å². The maximum atomic E-state index is 13.5. The summed E-state index contributed by atoms with van der Waals surface area (Å²) in [5.41, 5.74) is 8.40. The minimum absolute atomic E-state index is 0.0674. The van der Waals surface area contributed by atoms with Crippen LogP contribution in [-0.2, 0) is 4.74 Å². The van der Waals surface area contributed by atoms with Gasteiger partial charge in [0.25, 0.3) is 0 Å². The minimum Gasteiger partial charge on any atom is -0.481 e. The molecule has 2 atom stereocenters. The smallest absolute Gasteiger partial charge is 0.410 e. The summed E-state index contributed by atoms with van der Waals surface area (Å²) < 4.78 is 11.3. The van der Waals surface area contributed by atoms with E-state index in [1.807, 2.05) is 11.0 Å². The van der Waals surface area contributed by atoms with Gasteiger partial charge in [-0.25, -0.2) is 9.78 Å². The third-order valence-electron chi connectivity index (χ3n) is 8.43. The van der Waals surface area contributed by atoms with E-state index in [1.54, 1.807) is 7.11 Å². The number of methoxy groups -OCH3 is 1. The number of rotatable bonds is 4. The topological polar surface area (TPSA) is 51.7 Å². The van der Waals surface area contributed by atoms with Gasteiger partial charge >= 0.3 is 6.09 Å². The van der Waals surface area contributed by atoms with Gasteiger partial charge in [0, 0.05) is 23.4 Å². The molecule has 1 aromatic heterocycles. The maximum Gasteiger partial charge on any atom is 0.410 e. The molecule has 4 aromatic rings. The van der Waals surface area contributed by atoms with Crippen LogP contribution in [0.3, 0.4) is 0 Å². The summed E-state index contributed by atoms with van der Waals surface area (Å²) in [5.74, 6) is 0.697. The summed E-state index contributed by atoms with van der Waals surface area (Å²) in [6.45, 7) is 0.362. The number of carbonyl (C=O) groups is 1. The molecule has 7 rings (SSSR count). The lowest BCUT2D eigenvalue weighted by atomic mass is 9.83. The third-order valence-corrected chi connectivity index (χ3v) is 8.43. The first-order valence-corrected chi connectivity index (χ1v) is 13.5. The minimum atomic E-state index is -0.188. The standard InChI is InChI=1S/C33H30N2O3/c1-37-32-16-14-22-17-21(13-15-31(22)34-32)23-18-24-7-6-8-25(19-23)35(24)33(36)38-20-30-28-11-4-2-9-26(28)27-10-3-5-12-29(27)30/h2-5,9-18,24-25,30H,6-8,19-20H2,1H3. The molecule has 2 aliphatic heterocycles. The number of fused-ring (bicyclic) bond motifs is 6. The highest BCUT2D eigenvalue weighted by Crippen LogP contribution is 2.45. The van der Waals surface area contributed by atoms with E-state index < -0.39 is 0 Å². The van der Waals surface area contributed by atoms with Crippen LogP contribution in [0.2, 0.25) is 0 Å². The van der Waals surface area contributed by atoms with Crippen molar-refractivity contribution in [1.82, 2.24) is 9.88 Å². The van der Waals surface area contributed by atoms with E-state index >= 15 is 0 Å². The van der Waals surface area contributed by atoms with Crippen molar-refractivity contribution in [3.8, 4) is 17.0 Å². The Labute approximate surface area is 222 Å². The monoisotopic (exact) mass is 502 g/mol. The number of benzene rings is 3. The maximum absolute atomic E-state index is 13.5. The second-order valence-corrected chi connectivity index (χ2v) is 10.5. The van der Waals surface area contributed by atoms with Crippen LogP contribution in [0.5, 0.6) is 5.88 Å². The van der Waals surface area contributed by atoms with Gasteiger partial charge in [0.15, 0.2) is 0 Å². The quantitative estimate of drug-likeness (QED) is 0.296. The Hall–Kier alpha value is -4.12. The SMILES string of the molecule is COc1ccc2cc(C3=CC4CCCC(C3)N4C(=O)OCC3c4ccccc4-c4ccccc43)ccc2n1. The summed E-state index contributed by atoms with van der Waals surface area (Å²) in [4.78, 5) is 20.1. The van der Waals surface area contributed by atoms with Crippen LogP contribution in [0.15, 0.2) is 84.9 Å². The van der Waals surface area contributed by atoms with E-state index in [2.05, 4.69) is 83.9 Å². The van der Waals surface area contributed by atoms with E-state index in [0.717, 1.165) is 36.6 Å². The lowest BCUT2D eigenvalue weighted by Crippen LogP contribution is -2.51. The number of aromatic nitrogens is 1. The average molecular weight is 503 g/mol. The van der Waals surface area contributed by atoms with Crippen LogP contribution in [0.1, 0.15) is 48.3 Å². The number of hydrogen-bond donors (Lipinski definition) is 0. The summed E-state index contributed by atoms with van der Waals surface area (Å²) in [7, 11) is 1.64. The Bertz CT molecular complexity index is 1530. The molecule has 38 heavy (non-hydrogen) atoms. The van der Waals surface area contributed by atoms with Gasteiger partial charge in [-0.05, 0) is 77.3 Å². The first kappa shape index (κ1) is 23.0. The predicted molar refractivity (Wildman–Crippen MR) is 149 cm³/mol. The molecule has 3 aromatic carbocycles. The van der Waals surface area contributed by atoms with Crippen molar-refractivity contribution in [2.24, 2.45) is 0 Å². The molecule has 1 fully saturated rings. The molecule has 0 N–H and O–H groups in total. The Balaban J connectivity index is 1.11. The molecule has 1 amide bonds. The highest BCUT2D eigenvalue weighted by atomic mass is 16.6. The fraction of sp³-hybridized carbons (Fsp3) is 0.273. The van der Waals surface area contributed by atoms with Gasteiger partial charge in [0.1, 0.15) is 6.61 Å². The molecule has 2 unspecified atom stereocenters. The Kier molecular flexibility index (Phi) is 5.65. The second kappa shape index (κ2) is 9.32. The van der Waals surface area contributed by atoms with E-state index in [0.29, 0.717) is 12.5 Å². The number of hydrogen-bond acceptors (Lipinski definition) is 4. The Morgan fingerprint density at radius 3 is 2.45 bits per heavy atom. The summed E-state index contributed by atoms with van der Waals surface area (Å²) >= 11 is 0. The van der Waals surface area contributed by atoms with Gasteiger partial charge in [-0.3, -0.25) is 4.90 Å². The van der Waals surface area contributed by atoms with Crippen molar-refractivity contribution in [2.75, 3.05) is 13.7 Å². The number of piperidine rings is 1.